The topological polar surface area (TPSA) is 78.4 Å². The summed E-state index contributed by atoms with van der Waals surface area (Å²) in [7, 11) is 0. The van der Waals surface area contributed by atoms with Crippen molar-refractivity contribution >= 4 is 12.0 Å². The molecule has 2 atom stereocenters. The molecule has 0 aromatic heterocycles. The minimum absolute atomic E-state index is 0.185. The monoisotopic (exact) mass is 272 g/mol. The van der Waals surface area contributed by atoms with E-state index in [0.717, 1.165) is 32.1 Å². The Kier molecular flexibility index (Phi) is 9.94. The quantitative estimate of drug-likeness (QED) is 0.572. The molecular weight excluding hydrogens is 244 g/mol. The van der Waals surface area contributed by atoms with E-state index >= 15 is 0 Å². The van der Waals surface area contributed by atoms with Crippen LogP contribution in [0.15, 0.2) is 0 Å². The van der Waals surface area contributed by atoms with Gasteiger partial charge in [0, 0.05) is 12.6 Å². The summed E-state index contributed by atoms with van der Waals surface area (Å²) in [5.74, 6) is -1.37. The molecule has 0 radical (unpaired) electrons. The zero-order chi connectivity index (χ0) is 14.7. The van der Waals surface area contributed by atoms with E-state index < -0.39 is 11.9 Å². The Morgan fingerprint density at radius 1 is 1.11 bits per heavy atom. The van der Waals surface area contributed by atoms with Gasteiger partial charge in [-0.05, 0) is 19.3 Å². The number of nitrogens with one attached hydrogen (secondary N) is 2. The molecule has 5 heteroatoms. The maximum Gasteiger partial charge on any atom is 0.315 e. The average Bonchev–Trinajstić information content (AvgIpc) is 2.36. The standard InChI is InChI=1S/C14H28N2O3/c1-4-7-9-12(8-5-2)16-14(19)15-10-11(6-3)13(17)18/h11-12H,4-10H2,1-3H3,(H,17,18)(H2,15,16,19). The van der Waals surface area contributed by atoms with Crippen LogP contribution in [0, 0.1) is 5.92 Å². The molecule has 0 saturated carbocycles. The van der Waals surface area contributed by atoms with Crippen LogP contribution >= 0.6 is 0 Å². The summed E-state index contributed by atoms with van der Waals surface area (Å²) in [6, 6.07) is -0.0656. The normalized spacial score (nSPS) is 13.6. The predicted molar refractivity (Wildman–Crippen MR) is 76.2 cm³/mol. The van der Waals surface area contributed by atoms with E-state index in [1.807, 2.05) is 0 Å². The van der Waals surface area contributed by atoms with Gasteiger partial charge in [-0.2, -0.15) is 0 Å². The molecule has 19 heavy (non-hydrogen) atoms. The second-order valence-corrected chi connectivity index (χ2v) is 4.93. The van der Waals surface area contributed by atoms with Crippen molar-refractivity contribution in [2.45, 2.75) is 65.3 Å². The zero-order valence-electron chi connectivity index (χ0n) is 12.4. The summed E-state index contributed by atoms with van der Waals surface area (Å²) >= 11 is 0. The molecule has 0 rings (SSSR count). The first kappa shape index (κ1) is 17.7. The fourth-order valence-corrected chi connectivity index (χ4v) is 1.95. The Hall–Kier alpha value is -1.26. The van der Waals surface area contributed by atoms with Crippen LogP contribution in [0.25, 0.3) is 0 Å². The number of rotatable bonds is 10. The Morgan fingerprint density at radius 2 is 1.79 bits per heavy atom. The van der Waals surface area contributed by atoms with Crippen molar-refractivity contribution in [1.82, 2.24) is 10.6 Å². The Morgan fingerprint density at radius 3 is 2.26 bits per heavy atom. The molecule has 0 heterocycles. The van der Waals surface area contributed by atoms with Gasteiger partial charge >= 0.3 is 12.0 Å². The first-order chi connectivity index (χ1) is 9.04. The third-order valence-electron chi connectivity index (χ3n) is 3.23. The minimum Gasteiger partial charge on any atom is -0.481 e. The van der Waals surface area contributed by atoms with Crippen molar-refractivity contribution in [3.8, 4) is 0 Å². The zero-order valence-corrected chi connectivity index (χ0v) is 12.4. The summed E-state index contributed by atoms with van der Waals surface area (Å²) in [4.78, 5) is 22.6. The molecule has 0 spiro atoms. The highest BCUT2D eigenvalue weighted by atomic mass is 16.4. The van der Waals surface area contributed by atoms with Crippen molar-refractivity contribution in [2.75, 3.05) is 6.54 Å². The van der Waals surface area contributed by atoms with E-state index in [9.17, 15) is 9.59 Å². The number of unbranched alkanes of at least 4 members (excludes halogenated alkanes) is 1. The second-order valence-electron chi connectivity index (χ2n) is 4.93. The van der Waals surface area contributed by atoms with E-state index in [-0.39, 0.29) is 18.6 Å². The molecule has 0 aliphatic heterocycles. The van der Waals surface area contributed by atoms with E-state index in [1.165, 1.54) is 0 Å². The van der Waals surface area contributed by atoms with E-state index in [2.05, 4.69) is 24.5 Å². The fourth-order valence-electron chi connectivity index (χ4n) is 1.95. The van der Waals surface area contributed by atoms with Crippen LogP contribution in [0.2, 0.25) is 0 Å². The first-order valence-corrected chi connectivity index (χ1v) is 7.32. The van der Waals surface area contributed by atoms with Crippen LogP contribution in [0.5, 0.6) is 0 Å². The molecule has 5 nitrogen and oxygen atoms in total. The summed E-state index contributed by atoms with van der Waals surface area (Å²) in [6.45, 7) is 6.21. The number of carbonyl (C=O) groups excluding carboxylic acids is 1. The van der Waals surface area contributed by atoms with Crippen molar-refractivity contribution in [1.29, 1.82) is 0 Å². The van der Waals surface area contributed by atoms with Gasteiger partial charge in [0.1, 0.15) is 0 Å². The Labute approximate surface area is 116 Å². The lowest BCUT2D eigenvalue weighted by Gasteiger charge is -2.19. The van der Waals surface area contributed by atoms with Crippen LogP contribution in [0.1, 0.15) is 59.3 Å². The van der Waals surface area contributed by atoms with Gasteiger partial charge in [0.05, 0.1) is 5.92 Å². The Balaban J connectivity index is 4.07. The van der Waals surface area contributed by atoms with Crippen molar-refractivity contribution in [2.24, 2.45) is 5.92 Å². The number of hydrogen-bond donors (Lipinski definition) is 3. The third-order valence-corrected chi connectivity index (χ3v) is 3.23. The number of amides is 2. The summed E-state index contributed by atoms with van der Waals surface area (Å²) < 4.78 is 0. The molecule has 2 amide bonds. The molecule has 0 fully saturated rings. The molecule has 0 aliphatic rings. The molecule has 2 unspecified atom stereocenters. The summed E-state index contributed by atoms with van der Waals surface area (Å²) in [5, 5.41) is 14.5. The fraction of sp³-hybridized carbons (Fsp3) is 0.857. The number of carboxylic acid groups (broad SMARTS) is 1. The molecule has 3 N–H and O–H groups in total. The van der Waals surface area contributed by atoms with Gasteiger partial charge in [-0.3, -0.25) is 4.79 Å². The molecule has 0 aromatic carbocycles. The van der Waals surface area contributed by atoms with E-state index in [0.29, 0.717) is 6.42 Å². The van der Waals surface area contributed by atoms with Gasteiger partial charge in [-0.1, -0.05) is 40.0 Å². The highest BCUT2D eigenvalue weighted by molar-refractivity contribution is 5.76. The molecule has 0 saturated heterocycles. The van der Waals surface area contributed by atoms with Gasteiger partial charge < -0.3 is 15.7 Å². The van der Waals surface area contributed by atoms with Crippen LogP contribution < -0.4 is 10.6 Å². The maximum absolute atomic E-state index is 11.7. The van der Waals surface area contributed by atoms with Gasteiger partial charge in [0.15, 0.2) is 0 Å². The third kappa shape index (κ3) is 8.46. The number of carbonyl (C=O) groups is 2. The van der Waals surface area contributed by atoms with Gasteiger partial charge in [0.25, 0.3) is 0 Å². The van der Waals surface area contributed by atoms with Crippen molar-refractivity contribution in [3.63, 3.8) is 0 Å². The molecule has 0 bridgehead atoms. The highest BCUT2D eigenvalue weighted by Crippen LogP contribution is 2.07. The van der Waals surface area contributed by atoms with Crippen LogP contribution in [0.3, 0.4) is 0 Å². The van der Waals surface area contributed by atoms with Crippen LogP contribution in [-0.2, 0) is 4.79 Å². The van der Waals surface area contributed by atoms with E-state index in [1.54, 1.807) is 6.92 Å². The van der Waals surface area contributed by atoms with E-state index in [4.69, 9.17) is 5.11 Å². The minimum atomic E-state index is -0.862. The summed E-state index contributed by atoms with van der Waals surface area (Å²) in [5.41, 5.74) is 0. The SMILES string of the molecule is CCCCC(CCC)NC(=O)NCC(CC)C(=O)O. The van der Waals surface area contributed by atoms with Crippen LogP contribution in [-0.4, -0.2) is 29.7 Å². The predicted octanol–water partition coefficient (Wildman–Crippen LogP) is 2.76. The second kappa shape index (κ2) is 10.6. The van der Waals surface area contributed by atoms with Crippen LogP contribution in [0.4, 0.5) is 4.79 Å². The average molecular weight is 272 g/mol. The first-order valence-electron chi connectivity index (χ1n) is 7.32. The van der Waals surface area contributed by atoms with Gasteiger partial charge in [-0.25, -0.2) is 4.79 Å². The largest absolute Gasteiger partial charge is 0.481 e. The lowest BCUT2D eigenvalue weighted by Crippen LogP contribution is -2.44. The lowest BCUT2D eigenvalue weighted by atomic mass is 10.1. The number of carboxylic acids is 1. The smallest absolute Gasteiger partial charge is 0.315 e. The van der Waals surface area contributed by atoms with Gasteiger partial charge in [0.2, 0.25) is 0 Å². The maximum atomic E-state index is 11.7. The number of urea groups is 1. The van der Waals surface area contributed by atoms with Gasteiger partial charge in [-0.15, -0.1) is 0 Å². The molecule has 0 aromatic rings. The molecular formula is C14H28N2O3. The van der Waals surface area contributed by atoms with Crippen molar-refractivity contribution < 1.29 is 14.7 Å². The number of hydrogen-bond acceptors (Lipinski definition) is 2. The highest BCUT2D eigenvalue weighted by Gasteiger charge is 2.17. The molecule has 112 valence electrons. The molecule has 0 aliphatic carbocycles. The number of aliphatic carboxylic acids is 1. The Bertz CT molecular complexity index is 269. The summed E-state index contributed by atoms with van der Waals surface area (Å²) in [6.07, 6.45) is 5.70. The lowest BCUT2D eigenvalue weighted by molar-refractivity contribution is -0.141. The van der Waals surface area contributed by atoms with Crippen molar-refractivity contribution in [3.05, 3.63) is 0 Å².